The van der Waals surface area contributed by atoms with Gasteiger partial charge in [0.15, 0.2) is 0 Å². The molecule has 0 fully saturated rings. The second kappa shape index (κ2) is 8.42. The average Bonchev–Trinajstić information content (AvgIpc) is 2.27. The van der Waals surface area contributed by atoms with Gasteiger partial charge in [0.1, 0.15) is 0 Å². The summed E-state index contributed by atoms with van der Waals surface area (Å²) >= 11 is 4.84. The van der Waals surface area contributed by atoms with Crippen LogP contribution in [-0.2, 0) is 9.53 Å². The van der Waals surface area contributed by atoms with Crippen LogP contribution in [0.25, 0.3) is 0 Å². The molecule has 1 unspecified atom stereocenters. The van der Waals surface area contributed by atoms with Gasteiger partial charge in [-0.3, -0.25) is 4.79 Å². The predicted octanol–water partition coefficient (Wildman–Crippen LogP) is 1.43. The first-order chi connectivity index (χ1) is 7.90. The molecule has 0 spiro atoms. The van der Waals surface area contributed by atoms with Crippen molar-refractivity contribution in [3.05, 3.63) is 0 Å². The Labute approximate surface area is 109 Å². The molecule has 0 aromatic carbocycles. The normalized spacial score (nSPS) is 12.5. The third-order valence-corrected chi connectivity index (χ3v) is 3.10. The largest absolute Gasteiger partial charge is 0.393 e. The fourth-order valence-electron chi connectivity index (χ4n) is 1.35. The van der Waals surface area contributed by atoms with Crippen molar-refractivity contribution in [1.82, 2.24) is 4.90 Å². The zero-order chi connectivity index (χ0) is 13.4. The van der Waals surface area contributed by atoms with Gasteiger partial charge in [-0.15, -0.1) is 0 Å². The van der Waals surface area contributed by atoms with E-state index in [0.29, 0.717) is 37.0 Å². The highest BCUT2D eigenvalue weighted by molar-refractivity contribution is 7.80. The number of hydrogen-bond donors (Lipinski definition) is 1. The van der Waals surface area contributed by atoms with E-state index in [2.05, 4.69) is 0 Å². The van der Waals surface area contributed by atoms with Crippen LogP contribution in [0, 0.1) is 11.8 Å². The molecule has 0 heterocycles. The average molecular weight is 260 g/mol. The number of rotatable bonds is 8. The second-order valence-electron chi connectivity index (χ2n) is 4.57. The van der Waals surface area contributed by atoms with E-state index in [9.17, 15) is 4.79 Å². The standard InChI is InChI=1S/C12H24N2O2S/c1-9(2)10(3)12(15)14(7-8-16-4)6-5-11(13)17/h9-10H,5-8H2,1-4H3,(H2,13,17). The van der Waals surface area contributed by atoms with Crippen molar-refractivity contribution in [2.75, 3.05) is 26.8 Å². The minimum Gasteiger partial charge on any atom is -0.393 e. The number of nitrogens with two attached hydrogens (primary N) is 1. The summed E-state index contributed by atoms with van der Waals surface area (Å²) in [6.45, 7) is 7.75. The lowest BCUT2D eigenvalue weighted by atomic mass is 9.96. The van der Waals surface area contributed by atoms with Crippen molar-refractivity contribution < 1.29 is 9.53 Å². The maximum absolute atomic E-state index is 12.2. The van der Waals surface area contributed by atoms with E-state index in [0.717, 1.165) is 0 Å². The molecule has 2 N–H and O–H groups in total. The van der Waals surface area contributed by atoms with Gasteiger partial charge < -0.3 is 15.4 Å². The van der Waals surface area contributed by atoms with Crippen LogP contribution in [0.1, 0.15) is 27.2 Å². The van der Waals surface area contributed by atoms with Gasteiger partial charge in [0, 0.05) is 32.5 Å². The van der Waals surface area contributed by atoms with E-state index in [1.54, 1.807) is 12.0 Å². The number of ether oxygens (including phenoxy) is 1. The molecule has 17 heavy (non-hydrogen) atoms. The molecule has 4 nitrogen and oxygen atoms in total. The molecule has 0 rings (SSSR count). The monoisotopic (exact) mass is 260 g/mol. The van der Waals surface area contributed by atoms with Gasteiger partial charge in [0.25, 0.3) is 0 Å². The summed E-state index contributed by atoms with van der Waals surface area (Å²) in [5, 5.41) is 0. The molecule has 0 radical (unpaired) electrons. The van der Waals surface area contributed by atoms with E-state index in [-0.39, 0.29) is 11.8 Å². The number of carbonyl (C=O) groups is 1. The third kappa shape index (κ3) is 6.58. The number of amides is 1. The first kappa shape index (κ1) is 16.3. The summed E-state index contributed by atoms with van der Waals surface area (Å²) in [6, 6.07) is 0. The Balaban J connectivity index is 4.43. The molecular formula is C12H24N2O2S. The number of thiocarbonyl (C=S) groups is 1. The number of carbonyl (C=O) groups excluding carboxylic acids is 1. The van der Waals surface area contributed by atoms with E-state index < -0.39 is 0 Å². The van der Waals surface area contributed by atoms with Crippen LogP contribution < -0.4 is 5.73 Å². The van der Waals surface area contributed by atoms with E-state index in [1.165, 1.54) is 0 Å². The molecule has 1 amide bonds. The number of hydrogen-bond acceptors (Lipinski definition) is 3. The summed E-state index contributed by atoms with van der Waals surface area (Å²) in [4.78, 5) is 14.4. The Hall–Kier alpha value is -0.680. The van der Waals surface area contributed by atoms with Crippen LogP contribution in [0.2, 0.25) is 0 Å². The van der Waals surface area contributed by atoms with Crippen LogP contribution in [0.4, 0.5) is 0 Å². The van der Waals surface area contributed by atoms with Crippen molar-refractivity contribution in [3.8, 4) is 0 Å². The van der Waals surface area contributed by atoms with Gasteiger partial charge in [-0.25, -0.2) is 0 Å². The molecule has 0 aliphatic rings. The maximum atomic E-state index is 12.2. The molecule has 100 valence electrons. The van der Waals surface area contributed by atoms with Gasteiger partial charge >= 0.3 is 0 Å². The van der Waals surface area contributed by atoms with Gasteiger partial charge in [0.2, 0.25) is 5.91 Å². The molecule has 0 aliphatic carbocycles. The molecule has 0 aromatic rings. The van der Waals surface area contributed by atoms with E-state index in [1.807, 2.05) is 20.8 Å². The smallest absolute Gasteiger partial charge is 0.225 e. The molecule has 5 heteroatoms. The Morgan fingerprint density at radius 3 is 2.35 bits per heavy atom. The summed E-state index contributed by atoms with van der Waals surface area (Å²) < 4.78 is 5.01. The van der Waals surface area contributed by atoms with Crippen LogP contribution in [-0.4, -0.2) is 42.6 Å². The van der Waals surface area contributed by atoms with Gasteiger partial charge in [-0.1, -0.05) is 33.0 Å². The van der Waals surface area contributed by atoms with Crippen LogP contribution in [0.15, 0.2) is 0 Å². The lowest BCUT2D eigenvalue weighted by molar-refractivity contribution is -0.136. The quantitative estimate of drug-likeness (QED) is 0.671. The Bertz CT molecular complexity index is 257. The van der Waals surface area contributed by atoms with Gasteiger partial charge in [-0.05, 0) is 5.92 Å². The third-order valence-electron chi connectivity index (χ3n) is 2.89. The molecule has 0 bridgehead atoms. The summed E-state index contributed by atoms with van der Waals surface area (Å²) in [7, 11) is 1.63. The van der Waals surface area contributed by atoms with Crippen LogP contribution >= 0.6 is 12.2 Å². The predicted molar refractivity (Wildman–Crippen MR) is 73.9 cm³/mol. The van der Waals surface area contributed by atoms with Crippen LogP contribution in [0.5, 0.6) is 0 Å². The maximum Gasteiger partial charge on any atom is 0.225 e. The Kier molecular flexibility index (Phi) is 8.08. The summed E-state index contributed by atoms with van der Waals surface area (Å²) in [6.07, 6.45) is 0.565. The molecule has 0 aliphatic heterocycles. The Morgan fingerprint density at radius 2 is 1.94 bits per heavy atom. The lowest BCUT2D eigenvalue weighted by Gasteiger charge is -2.27. The number of nitrogens with zero attached hydrogens (tertiary/aromatic N) is 1. The lowest BCUT2D eigenvalue weighted by Crippen LogP contribution is -2.40. The van der Waals surface area contributed by atoms with Crippen molar-refractivity contribution in [1.29, 1.82) is 0 Å². The zero-order valence-electron chi connectivity index (χ0n) is 11.2. The highest BCUT2D eigenvalue weighted by atomic mass is 32.1. The van der Waals surface area contributed by atoms with E-state index in [4.69, 9.17) is 22.7 Å². The topological polar surface area (TPSA) is 55.6 Å². The SMILES string of the molecule is COCCN(CCC(N)=S)C(=O)C(C)C(C)C. The molecule has 0 saturated heterocycles. The van der Waals surface area contributed by atoms with Crippen molar-refractivity contribution in [3.63, 3.8) is 0 Å². The molecule has 0 saturated carbocycles. The first-order valence-corrected chi connectivity index (χ1v) is 6.37. The minimum atomic E-state index is 0.0122. The molecular weight excluding hydrogens is 236 g/mol. The molecule has 0 aromatic heterocycles. The second-order valence-corrected chi connectivity index (χ2v) is 5.09. The first-order valence-electron chi connectivity index (χ1n) is 5.96. The van der Waals surface area contributed by atoms with Gasteiger partial charge in [0.05, 0.1) is 11.6 Å². The van der Waals surface area contributed by atoms with Crippen molar-refractivity contribution in [2.24, 2.45) is 17.6 Å². The van der Waals surface area contributed by atoms with Crippen molar-refractivity contribution >= 4 is 23.1 Å². The minimum absolute atomic E-state index is 0.0122. The fraction of sp³-hybridized carbons (Fsp3) is 0.833. The zero-order valence-corrected chi connectivity index (χ0v) is 12.0. The van der Waals surface area contributed by atoms with E-state index >= 15 is 0 Å². The van der Waals surface area contributed by atoms with Gasteiger partial charge in [-0.2, -0.15) is 0 Å². The summed E-state index contributed by atoms with van der Waals surface area (Å²) in [5.41, 5.74) is 5.47. The Morgan fingerprint density at radius 1 is 1.35 bits per heavy atom. The van der Waals surface area contributed by atoms with Crippen molar-refractivity contribution in [2.45, 2.75) is 27.2 Å². The molecule has 1 atom stereocenters. The highest BCUT2D eigenvalue weighted by Gasteiger charge is 2.22. The fourth-order valence-corrected chi connectivity index (χ4v) is 1.44. The van der Waals surface area contributed by atoms with Crippen LogP contribution in [0.3, 0.4) is 0 Å². The number of methoxy groups -OCH3 is 1. The highest BCUT2D eigenvalue weighted by Crippen LogP contribution is 2.13. The summed E-state index contributed by atoms with van der Waals surface area (Å²) in [5.74, 6) is 0.490.